The average Bonchev–Trinajstić information content (AvgIpc) is 2.79. The molecule has 0 saturated heterocycles. The second kappa shape index (κ2) is 7.75. The third-order valence-electron chi connectivity index (χ3n) is 4.32. The third kappa shape index (κ3) is 4.08. The summed E-state index contributed by atoms with van der Waals surface area (Å²) in [6, 6.07) is 4.51. The summed E-state index contributed by atoms with van der Waals surface area (Å²) < 4.78 is 2.41. The van der Waals surface area contributed by atoms with Gasteiger partial charge in [-0.1, -0.05) is 6.42 Å². The van der Waals surface area contributed by atoms with E-state index in [1.807, 2.05) is 0 Å². The lowest BCUT2D eigenvalue weighted by Gasteiger charge is -2.14. The summed E-state index contributed by atoms with van der Waals surface area (Å²) in [7, 11) is 4.24. The molecular weight excluding hydrogens is 272 g/mol. The van der Waals surface area contributed by atoms with Gasteiger partial charge in [-0.05, 0) is 70.6 Å². The lowest BCUT2D eigenvalue weighted by molar-refractivity contribution is 0.383. The number of likely N-dealkylation sites (N-methyl/N-ethyl adjacent to an activating group) is 1. The Morgan fingerprint density at radius 2 is 1.82 bits per heavy atom. The molecule has 2 rings (SSSR count). The van der Waals surface area contributed by atoms with E-state index in [1.54, 1.807) is 0 Å². The Kier molecular flexibility index (Phi) is 5.98. The number of rotatable bonds is 8. The monoisotopic (exact) mass is 302 g/mol. The molecular formula is C18H30N4. The smallest absolute Gasteiger partial charge is 0.109 e. The molecule has 0 saturated carbocycles. The maximum Gasteiger partial charge on any atom is 0.109 e. The van der Waals surface area contributed by atoms with E-state index in [4.69, 9.17) is 10.7 Å². The molecule has 0 aliphatic rings. The Labute approximate surface area is 134 Å². The number of hydrogen-bond donors (Lipinski definition) is 1. The number of aromatic nitrogens is 2. The molecule has 0 fully saturated rings. The Bertz CT molecular complexity index is 613. The summed E-state index contributed by atoms with van der Waals surface area (Å²) in [5.41, 5.74) is 10.7. The minimum Gasteiger partial charge on any atom is -0.330 e. The standard InChI is InChI=1S/C18H30N4/c1-14-12-16-17(13-15(14)2)22(11-10-21(3)4)18(20-16)8-6-5-7-9-19/h12-13H,5-11,19H2,1-4H3. The van der Waals surface area contributed by atoms with Crippen LogP contribution in [0.4, 0.5) is 0 Å². The SMILES string of the molecule is Cc1cc2nc(CCCCCN)n(CCN(C)C)c2cc1C. The fraction of sp³-hybridized carbons (Fsp3) is 0.611. The van der Waals surface area contributed by atoms with E-state index >= 15 is 0 Å². The van der Waals surface area contributed by atoms with Crippen molar-refractivity contribution in [3.63, 3.8) is 0 Å². The molecule has 0 aliphatic heterocycles. The van der Waals surface area contributed by atoms with Gasteiger partial charge in [0.05, 0.1) is 11.0 Å². The Balaban J connectivity index is 2.28. The van der Waals surface area contributed by atoms with Crippen LogP contribution in [-0.4, -0.2) is 41.6 Å². The fourth-order valence-electron chi connectivity index (χ4n) is 2.77. The number of aryl methyl sites for hydroxylation is 3. The molecule has 1 aromatic carbocycles. The topological polar surface area (TPSA) is 47.1 Å². The molecule has 122 valence electrons. The summed E-state index contributed by atoms with van der Waals surface area (Å²) in [5.74, 6) is 1.22. The van der Waals surface area contributed by atoms with E-state index in [1.165, 1.54) is 35.3 Å². The predicted octanol–water partition coefficient (Wildman–Crippen LogP) is 2.89. The van der Waals surface area contributed by atoms with Gasteiger partial charge in [-0.15, -0.1) is 0 Å². The zero-order chi connectivity index (χ0) is 16.1. The zero-order valence-electron chi connectivity index (χ0n) is 14.5. The van der Waals surface area contributed by atoms with Crippen LogP contribution in [0.15, 0.2) is 12.1 Å². The van der Waals surface area contributed by atoms with Gasteiger partial charge in [0.25, 0.3) is 0 Å². The molecule has 0 amide bonds. The third-order valence-corrected chi connectivity index (χ3v) is 4.32. The van der Waals surface area contributed by atoms with E-state index < -0.39 is 0 Å². The fourth-order valence-corrected chi connectivity index (χ4v) is 2.77. The van der Waals surface area contributed by atoms with Gasteiger partial charge in [0.1, 0.15) is 5.82 Å². The number of imidazole rings is 1. The molecule has 2 aromatic rings. The number of benzene rings is 1. The van der Waals surface area contributed by atoms with Crippen LogP contribution in [0.3, 0.4) is 0 Å². The van der Waals surface area contributed by atoms with E-state index in [0.717, 1.165) is 38.0 Å². The summed E-state index contributed by atoms with van der Waals surface area (Å²) in [6.45, 7) is 7.16. The van der Waals surface area contributed by atoms with E-state index in [0.29, 0.717) is 0 Å². The number of hydrogen-bond acceptors (Lipinski definition) is 3. The summed E-state index contributed by atoms with van der Waals surface area (Å²) in [4.78, 5) is 7.13. The first kappa shape index (κ1) is 17.0. The summed E-state index contributed by atoms with van der Waals surface area (Å²) in [5, 5.41) is 0. The minimum atomic E-state index is 0.787. The van der Waals surface area contributed by atoms with Crippen molar-refractivity contribution < 1.29 is 0 Å². The van der Waals surface area contributed by atoms with Crippen molar-refractivity contribution in [2.24, 2.45) is 5.73 Å². The summed E-state index contributed by atoms with van der Waals surface area (Å²) in [6.07, 6.45) is 4.50. The normalized spacial score (nSPS) is 11.7. The van der Waals surface area contributed by atoms with Crippen LogP contribution >= 0.6 is 0 Å². The van der Waals surface area contributed by atoms with Crippen LogP contribution in [0.5, 0.6) is 0 Å². The van der Waals surface area contributed by atoms with Crippen LogP contribution in [-0.2, 0) is 13.0 Å². The Morgan fingerprint density at radius 3 is 2.50 bits per heavy atom. The van der Waals surface area contributed by atoms with Gasteiger partial charge in [0.15, 0.2) is 0 Å². The second-order valence-corrected chi connectivity index (χ2v) is 6.51. The maximum atomic E-state index is 5.59. The molecule has 1 heterocycles. The van der Waals surface area contributed by atoms with Crippen molar-refractivity contribution in [3.05, 3.63) is 29.1 Å². The lowest BCUT2D eigenvalue weighted by Crippen LogP contribution is -2.19. The molecule has 0 radical (unpaired) electrons. The van der Waals surface area contributed by atoms with Gasteiger partial charge in [-0.2, -0.15) is 0 Å². The van der Waals surface area contributed by atoms with Crippen LogP contribution in [0.1, 0.15) is 36.2 Å². The van der Waals surface area contributed by atoms with Crippen molar-refractivity contribution >= 4 is 11.0 Å². The molecule has 0 aliphatic carbocycles. The van der Waals surface area contributed by atoms with Gasteiger partial charge in [0.2, 0.25) is 0 Å². The highest BCUT2D eigenvalue weighted by molar-refractivity contribution is 5.78. The molecule has 0 atom stereocenters. The first-order valence-electron chi connectivity index (χ1n) is 8.34. The van der Waals surface area contributed by atoms with Crippen LogP contribution in [0, 0.1) is 13.8 Å². The van der Waals surface area contributed by atoms with Gasteiger partial charge >= 0.3 is 0 Å². The molecule has 2 N–H and O–H groups in total. The van der Waals surface area contributed by atoms with Crippen molar-refractivity contribution in [1.29, 1.82) is 0 Å². The zero-order valence-corrected chi connectivity index (χ0v) is 14.5. The van der Waals surface area contributed by atoms with Gasteiger partial charge in [0, 0.05) is 19.5 Å². The molecule has 0 bridgehead atoms. The number of unbranched alkanes of at least 4 members (excludes halogenated alkanes) is 2. The lowest BCUT2D eigenvalue weighted by atomic mass is 10.1. The van der Waals surface area contributed by atoms with Crippen LogP contribution < -0.4 is 5.73 Å². The highest BCUT2D eigenvalue weighted by Crippen LogP contribution is 2.22. The van der Waals surface area contributed by atoms with E-state index in [9.17, 15) is 0 Å². The predicted molar refractivity (Wildman–Crippen MR) is 94.4 cm³/mol. The molecule has 4 nitrogen and oxygen atoms in total. The molecule has 22 heavy (non-hydrogen) atoms. The van der Waals surface area contributed by atoms with E-state index in [-0.39, 0.29) is 0 Å². The van der Waals surface area contributed by atoms with Crippen molar-refractivity contribution in [2.45, 2.75) is 46.1 Å². The molecule has 0 spiro atoms. The first-order chi connectivity index (χ1) is 10.5. The van der Waals surface area contributed by atoms with Gasteiger partial charge in [-0.25, -0.2) is 4.98 Å². The molecule has 1 aromatic heterocycles. The Morgan fingerprint density at radius 1 is 1.09 bits per heavy atom. The maximum absolute atomic E-state index is 5.59. The second-order valence-electron chi connectivity index (χ2n) is 6.51. The first-order valence-corrected chi connectivity index (χ1v) is 8.34. The minimum absolute atomic E-state index is 0.787. The molecule has 4 heteroatoms. The quantitative estimate of drug-likeness (QED) is 0.763. The van der Waals surface area contributed by atoms with Crippen LogP contribution in [0.2, 0.25) is 0 Å². The van der Waals surface area contributed by atoms with Gasteiger partial charge < -0.3 is 15.2 Å². The highest BCUT2D eigenvalue weighted by Gasteiger charge is 2.12. The van der Waals surface area contributed by atoms with Crippen molar-refractivity contribution in [1.82, 2.24) is 14.5 Å². The van der Waals surface area contributed by atoms with Crippen LogP contribution in [0.25, 0.3) is 11.0 Å². The van der Waals surface area contributed by atoms with Gasteiger partial charge in [-0.3, -0.25) is 0 Å². The van der Waals surface area contributed by atoms with E-state index in [2.05, 4.69) is 49.5 Å². The van der Waals surface area contributed by atoms with Crippen molar-refractivity contribution in [3.8, 4) is 0 Å². The Hall–Kier alpha value is -1.39. The molecule has 0 unspecified atom stereocenters. The average molecular weight is 302 g/mol. The highest BCUT2D eigenvalue weighted by atomic mass is 15.1. The number of nitrogens with two attached hydrogens (primary N) is 1. The summed E-state index contributed by atoms with van der Waals surface area (Å²) >= 11 is 0. The number of nitrogens with zero attached hydrogens (tertiary/aromatic N) is 3. The van der Waals surface area contributed by atoms with Crippen molar-refractivity contribution in [2.75, 3.05) is 27.2 Å². The number of fused-ring (bicyclic) bond motifs is 1. The largest absolute Gasteiger partial charge is 0.330 e.